The first kappa shape index (κ1) is 29.1. The number of anilines is 3. The molecule has 4 heteroatoms. The topological polar surface area (TPSA) is 21.3 Å². The number of hydrogen-bond donors (Lipinski definition) is 0. The minimum absolute atomic E-state index is 0.868. The van der Waals surface area contributed by atoms with Crippen molar-refractivity contribution in [3.8, 4) is 16.8 Å². The third-order valence-electron chi connectivity index (χ3n) is 10.4. The van der Waals surface area contributed by atoms with Gasteiger partial charge in [0.15, 0.2) is 0 Å². The van der Waals surface area contributed by atoms with E-state index in [-0.39, 0.29) is 0 Å². The first-order valence-electron chi connectivity index (χ1n) is 17.6. The fourth-order valence-electron chi connectivity index (χ4n) is 8.09. The summed E-state index contributed by atoms with van der Waals surface area (Å²) in [6.45, 7) is 0. The Hall–Kier alpha value is -6.62. The van der Waals surface area contributed by atoms with Gasteiger partial charge in [-0.1, -0.05) is 115 Å². The molecule has 244 valence electrons. The van der Waals surface area contributed by atoms with Crippen LogP contribution in [0.15, 0.2) is 186 Å². The number of benzene rings is 8. The molecule has 0 aliphatic carbocycles. The molecule has 0 saturated carbocycles. The van der Waals surface area contributed by atoms with Gasteiger partial charge in [0.1, 0.15) is 11.2 Å². The van der Waals surface area contributed by atoms with Crippen molar-refractivity contribution in [2.75, 3.05) is 4.90 Å². The molecule has 11 aromatic rings. The van der Waals surface area contributed by atoms with Crippen LogP contribution >= 0.6 is 11.3 Å². The Labute approximate surface area is 303 Å². The van der Waals surface area contributed by atoms with E-state index >= 15 is 0 Å². The summed E-state index contributed by atoms with van der Waals surface area (Å²) in [6, 6.07) is 65.5. The summed E-state index contributed by atoms with van der Waals surface area (Å²) < 4.78 is 11.5. The van der Waals surface area contributed by atoms with Crippen molar-refractivity contribution in [3.05, 3.63) is 182 Å². The molecule has 8 aromatic carbocycles. The summed E-state index contributed by atoms with van der Waals surface area (Å²) in [6.07, 6.45) is 0. The van der Waals surface area contributed by atoms with Gasteiger partial charge in [-0.05, 0) is 60.7 Å². The SMILES string of the molecule is c1ccc(-n2c3ccccc3c3ccc(N(c4ccc5c(c4)oc4ccccc45)c4ccccc4-c4cccc5c4sc4ccccc45)cc32)cc1. The second-order valence-corrected chi connectivity index (χ2v) is 14.4. The summed E-state index contributed by atoms with van der Waals surface area (Å²) in [4.78, 5) is 2.40. The van der Waals surface area contributed by atoms with Crippen LogP contribution in [0.5, 0.6) is 0 Å². The zero-order valence-electron chi connectivity index (χ0n) is 28.0. The molecule has 0 saturated heterocycles. The Morgan fingerprint density at radius 3 is 1.96 bits per heavy atom. The standard InChI is InChI=1S/C48H30N2OS/c1-2-13-31(14-3-1)50-43-22-9-4-15-34(43)36-27-25-32(29-44(36)50)49(33-26-28-38-37-17-6-10-23-45(37)51-46(38)30-33)42-21-8-5-16-35(42)40-19-12-20-41-39-18-7-11-24-47(39)52-48(40)41/h1-30H. The summed E-state index contributed by atoms with van der Waals surface area (Å²) in [5, 5.41) is 7.29. The first-order valence-corrected chi connectivity index (χ1v) is 18.4. The molecule has 0 unspecified atom stereocenters. The molecule has 3 aromatic heterocycles. The largest absolute Gasteiger partial charge is 0.456 e. The predicted molar refractivity (Wildman–Crippen MR) is 221 cm³/mol. The Bertz CT molecular complexity index is 3150. The third kappa shape index (κ3) is 4.38. The van der Waals surface area contributed by atoms with Crippen molar-refractivity contribution < 1.29 is 4.42 Å². The van der Waals surface area contributed by atoms with Gasteiger partial charge >= 0.3 is 0 Å². The third-order valence-corrected chi connectivity index (χ3v) is 11.6. The number of furan rings is 1. The lowest BCUT2D eigenvalue weighted by atomic mass is 9.99. The highest BCUT2D eigenvalue weighted by atomic mass is 32.1. The summed E-state index contributed by atoms with van der Waals surface area (Å²) >= 11 is 1.87. The van der Waals surface area contributed by atoms with E-state index in [1.54, 1.807) is 0 Å². The molecule has 3 heterocycles. The van der Waals surface area contributed by atoms with Crippen LogP contribution in [0.25, 0.3) is 80.7 Å². The van der Waals surface area contributed by atoms with Crippen molar-refractivity contribution in [1.82, 2.24) is 4.57 Å². The van der Waals surface area contributed by atoms with E-state index < -0.39 is 0 Å². The minimum Gasteiger partial charge on any atom is -0.456 e. The highest BCUT2D eigenvalue weighted by Gasteiger charge is 2.22. The van der Waals surface area contributed by atoms with Crippen LogP contribution in [0, 0.1) is 0 Å². The van der Waals surface area contributed by atoms with Gasteiger partial charge in [0.05, 0.1) is 16.7 Å². The minimum atomic E-state index is 0.868. The molecule has 52 heavy (non-hydrogen) atoms. The Balaban J connectivity index is 1.20. The van der Waals surface area contributed by atoms with E-state index in [4.69, 9.17) is 4.42 Å². The van der Waals surface area contributed by atoms with Crippen LogP contribution in [0.1, 0.15) is 0 Å². The average molecular weight is 683 g/mol. The second kappa shape index (κ2) is 11.5. The quantitative estimate of drug-likeness (QED) is 0.180. The molecule has 0 radical (unpaired) electrons. The monoisotopic (exact) mass is 682 g/mol. The van der Waals surface area contributed by atoms with E-state index in [9.17, 15) is 0 Å². The predicted octanol–water partition coefficient (Wildman–Crippen LogP) is 14.2. The molecule has 11 rings (SSSR count). The molecule has 0 aliphatic heterocycles. The van der Waals surface area contributed by atoms with E-state index in [0.717, 1.165) is 50.2 Å². The number of thiophene rings is 1. The molecule has 0 aliphatic rings. The van der Waals surface area contributed by atoms with Gasteiger partial charge in [-0.15, -0.1) is 11.3 Å². The highest BCUT2D eigenvalue weighted by molar-refractivity contribution is 7.26. The average Bonchev–Trinajstić information content (AvgIpc) is 3.88. The lowest BCUT2D eigenvalue weighted by Crippen LogP contribution is -2.11. The number of fused-ring (bicyclic) bond motifs is 9. The van der Waals surface area contributed by atoms with Crippen molar-refractivity contribution in [2.24, 2.45) is 0 Å². The molecular weight excluding hydrogens is 653 g/mol. The van der Waals surface area contributed by atoms with Crippen LogP contribution in [-0.4, -0.2) is 4.57 Å². The number of hydrogen-bond acceptors (Lipinski definition) is 3. The highest BCUT2D eigenvalue weighted by Crippen LogP contribution is 2.47. The molecule has 0 spiro atoms. The van der Waals surface area contributed by atoms with Gasteiger partial charge in [-0.25, -0.2) is 0 Å². The number of nitrogens with zero attached hydrogens (tertiary/aromatic N) is 2. The zero-order chi connectivity index (χ0) is 34.2. The van der Waals surface area contributed by atoms with Crippen molar-refractivity contribution in [3.63, 3.8) is 0 Å². The van der Waals surface area contributed by atoms with Crippen LogP contribution in [0.2, 0.25) is 0 Å². The molecule has 0 bridgehead atoms. The number of aromatic nitrogens is 1. The van der Waals surface area contributed by atoms with Crippen LogP contribution in [0.3, 0.4) is 0 Å². The van der Waals surface area contributed by atoms with E-state index in [2.05, 4.69) is 179 Å². The number of rotatable bonds is 5. The molecule has 0 N–H and O–H groups in total. The smallest absolute Gasteiger partial charge is 0.137 e. The normalized spacial score (nSPS) is 11.8. The van der Waals surface area contributed by atoms with Crippen molar-refractivity contribution in [1.29, 1.82) is 0 Å². The van der Waals surface area contributed by atoms with Gasteiger partial charge in [0.25, 0.3) is 0 Å². The zero-order valence-corrected chi connectivity index (χ0v) is 28.8. The maximum atomic E-state index is 6.48. The van der Waals surface area contributed by atoms with E-state index in [1.165, 1.54) is 47.6 Å². The van der Waals surface area contributed by atoms with Crippen LogP contribution in [0.4, 0.5) is 17.1 Å². The Morgan fingerprint density at radius 1 is 0.423 bits per heavy atom. The fourth-order valence-corrected chi connectivity index (χ4v) is 9.32. The van der Waals surface area contributed by atoms with Gasteiger partial charge in [-0.2, -0.15) is 0 Å². The maximum Gasteiger partial charge on any atom is 0.137 e. The summed E-state index contributed by atoms with van der Waals surface area (Å²) in [5.41, 5.74) is 10.8. The lowest BCUT2D eigenvalue weighted by molar-refractivity contribution is 0.669. The Kier molecular flexibility index (Phi) is 6.42. The van der Waals surface area contributed by atoms with E-state index in [0.29, 0.717) is 0 Å². The van der Waals surface area contributed by atoms with Crippen LogP contribution in [-0.2, 0) is 0 Å². The molecule has 0 atom stereocenters. The van der Waals surface area contributed by atoms with Crippen LogP contribution < -0.4 is 4.90 Å². The molecule has 0 amide bonds. The molecule has 3 nitrogen and oxygen atoms in total. The molecule has 0 fully saturated rings. The molecular formula is C48H30N2OS. The first-order chi connectivity index (χ1) is 25.8. The lowest BCUT2D eigenvalue weighted by Gasteiger charge is -2.28. The summed E-state index contributed by atoms with van der Waals surface area (Å²) in [7, 11) is 0. The fraction of sp³-hybridized carbons (Fsp3) is 0. The summed E-state index contributed by atoms with van der Waals surface area (Å²) in [5.74, 6) is 0. The van der Waals surface area contributed by atoms with E-state index in [1.807, 2.05) is 23.5 Å². The van der Waals surface area contributed by atoms with Gasteiger partial charge in [0.2, 0.25) is 0 Å². The van der Waals surface area contributed by atoms with Crippen molar-refractivity contribution in [2.45, 2.75) is 0 Å². The second-order valence-electron chi connectivity index (χ2n) is 13.3. The van der Waals surface area contributed by atoms with Gasteiger partial charge in [-0.3, -0.25) is 0 Å². The van der Waals surface area contributed by atoms with Crippen molar-refractivity contribution >= 4 is 92.3 Å². The number of para-hydroxylation sites is 4. The van der Waals surface area contributed by atoms with Gasteiger partial charge in [0, 0.05) is 76.0 Å². The Morgan fingerprint density at radius 2 is 1.06 bits per heavy atom. The maximum absolute atomic E-state index is 6.48. The van der Waals surface area contributed by atoms with Gasteiger partial charge < -0.3 is 13.9 Å².